The lowest BCUT2D eigenvalue weighted by molar-refractivity contribution is 0.575. The maximum atomic E-state index is 6.17. The SMILES string of the molecule is Nc1cccc(C(N)C(N)c2cccc(N)c2)c1. The van der Waals surface area contributed by atoms with Crippen LogP contribution < -0.4 is 22.9 Å². The molecule has 0 amide bonds. The molecule has 2 rings (SSSR count). The Labute approximate surface area is 107 Å². The van der Waals surface area contributed by atoms with Crippen LogP contribution in [0.2, 0.25) is 0 Å². The largest absolute Gasteiger partial charge is 0.399 e. The average molecular weight is 242 g/mol. The van der Waals surface area contributed by atoms with E-state index in [9.17, 15) is 0 Å². The number of rotatable bonds is 3. The Bertz CT molecular complexity index is 489. The molecule has 0 fully saturated rings. The van der Waals surface area contributed by atoms with Gasteiger partial charge in [0.15, 0.2) is 0 Å². The number of nitrogen functional groups attached to an aromatic ring is 2. The topological polar surface area (TPSA) is 104 Å². The fourth-order valence-corrected chi connectivity index (χ4v) is 1.95. The first-order valence-corrected chi connectivity index (χ1v) is 5.80. The van der Waals surface area contributed by atoms with Gasteiger partial charge in [-0.1, -0.05) is 24.3 Å². The summed E-state index contributed by atoms with van der Waals surface area (Å²) in [7, 11) is 0. The van der Waals surface area contributed by atoms with Crippen LogP contribution in [0.3, 0.4) is 0 Å². The zero-order valence-corrected chi connectivity index (χ0v) is 10.1. The summed E-state index contributed by atoms with van der Waals surface area (Å²) in [6, 6.07) is 14.3. The van der Waals surface area contributed by atoms with E-state index in [0.29, 0.717) is 11.4 Å². The number of benzene rings is 2. The summed E-state index contributed by atoms with van der Waals surface area (Å²) in [5.74, 6) is 0. The molecule has 8 N–H and O–H groups in total. The monoisotopic (exact) mass is 242 g/mol. The highest BCUT2D eigenvalue weighted by atomic mass is 14.8. The molecule has 2 aromatic carbocycles. The highest BCUT2D eigenvalue weighted by Gasteiger charge is 2.17. The third-order valence-electron chi connectivity index (χ3n) is 2.98. The standard InChI is InChI=1S/C14H18N4/c15-11-5-1-3-9(7-11)13(17)14(18)10-4-2-6-12(16)8-10/h1-8,13-14H,15-18H2. The Hall–Kier alpha value is -2.04. The minimum atomic E-state index is -0.310. The first-order valence-electron chi connectivity index (χ1n) is 5.80. The normalized spacial score (nSPS) is 14.1. The molecule has 0 aliphatic heterocycles. The molecule has 2 unspecified atom stereocenters. The summed E-state index contributed by atoms with van der Waals surface area (Å²) in [6.45, 7) is 0. The highest BCUT2D eigenvalue weighted by Crippen LogP contribution is 2.26. The minimum absolute atomic E-state index is 0.310. The maximum absolute atomic E-state index is 6.17. The molecule has 0 heterocycles. The van der Waals surface area contributed by atoms with Crippen molar-refractivity contribution in [3.05, 3.63) is 59.7 Å². The van der Waals surface area contributed by atoms with Crippen molar-refractivity contribution < 1.29 is 0 Å². The molecule has 2 aromatic rings. The maximum Gasteiger partial charge on any atom is 0.0491 e. The molecule has 0 saturated heterocycles. The van der Waals surface area contributed by atoms with Crippen molar-refractivity contribution >= 4 is 11.4 Å². The first kappa shape index (κ1) is 12.4. The lowest BCUT2D eigenvalue weighted by Gasteiger charge is -2.21. The Morgan fingerprint density at radius 2 is 1.06 bits per heavy atom. The summed E-state index contributed by atoms with van der Waals surface area (Å²) < 4.78 is 0. The van der Waals surface area contributed by atoms with Crippen molar-refractivity contribution in [1.29, 1.82) is 0 Å². The molecule has 2 atom stereocenters. The van der Waals surface area contributed by atoms with Gasteiger partial charge in [-0.2, -0.15) is 0 Å². The minimum Gasteiger partial charge on any atom is -0.399 e. The molecule has 0 radical (unpaired) electrons. The summed E-state index contributed by atoms with van der Waals surface area (Å²) >= 11 is 0. The predicted molar refractivity (Wildman–Crippen MR) is 75.6 cm³/mol. The molecule has 94 valence electrons. The van der Waals surface area contributed by atoms with Crippen LogP contribution in [0.4, 0.5) is 11.4 Å². The van der Waals surface area contributed by atoms with Gasteiger partial charge in [-0.3, -0.25) is 0 Å². The summed E-state index contributed by atoms with van der Waals surface area (Å²) in [5.41, 5.74) is 27.0. The van der Waals surface area contributed by atoms with E-state index in [1.165, 1.54) is 0 Å². The average Bonchev–Trinajstić information content (AvgIpc) is 2.37. The van der Waals surface area contributed by atoms with Crippen LogP contribution in [0, 0.1) is 0 Å². The van der Waals surface area contributed by atoms with E-state index in [2.05, 4.69) is 0 Å². The third-order valence-corrected chi connectivity index (χ3v) is 2.98. The Kier molecular flexibility index (Phi) is 3.50. The highest BCUT2D eigenvalue weighted by molar-refractivity contribution is 5.45. The van der Waals surface area contributed by atoms with E-state index < -0.39 is 0 Å². The molecule has 4 heteroatoms. The van der Waals surface area contributed by atoms with Crippen molar-refractivity contribution in [3.8, 4) is 0 Å². The van der Waals surface area contributed by atoms with Crippen molar-refractivity contribution in [3.63, 3.8) is 0 Å². The molecule has 0 bridgehead atoms. The number of hydrogen-bond acceptors (Lipinski definition) is 4. The van der Waals surface area contributed by atoms with E-state index >= 15 is 0 Å². The Morgan fingerprint density at radius 1 is 0.667 bits per heavy atom. The third kappa shape index (κ3) is 2.61. The molecule has 0 aliphatic carbocycles. The zero-order valence-electron chi connectivity index (χ0n) is 10.1. The first-order chi connectivity index (χ1) is 8.58. The van der Waals surface area contributed by atoms with Crippen LogP contribution in [0.15, 0.2) is 48.5 Å². The quantitative estimate of drug-likeness (QED) is 0.613. The smallest absolute Gasteiger partial charge is 0.0491 e. The molecule has 4 nitrogen and oxygen atoms in total. The van der Waals surface area contributed by atoms with E-state index in [4.69, 9.17) is 22.9 Å². The van der Waals surface area contributed by atoms with Gasteiger partial charge < -0.3 is 22.9 Å². The van der Waals surface area contributed by atoms with Gasteiger partial charge in [-0.25, -0.2) is 0 Å². The van der Waals surface area contributed by atoms with Crippen molar-refractivity contribution in [2.45, 2.75) is 12.1 Å². The second-order valence-electron chi connectivity index (χ2n) is 4.39. The fourth-order valence-electron chi connectivity index (χ4n) is 1.95. The Balaban J connectivity index is 2.26. The van der Waals surface area contributed by atoms with Gasteiger partial charge in [0.2, 0.25) is 0 Å². The fraction of sp³-hybridized carbons (Fsp3) is 0.143. The summed E-state index contributed by atoms with van der Waals surface area (Å²) in [5, 5.41) is 0. The van der Waals surface area contributed by atoms with Gasteiger partial charge in [0.25, 0.3) is 0 Å². The van der Waals surface area contributed by atoms with E-state index in [0.717, 1.165) is 11.1 Å². The van der Waals surface area contributed by atoms with Crippen molar-refractivity contribution in [2.24, 2.45) is 11.5 Å². The molecule has 0 spiro atoms. The lowest BCUT2D eigenvalue weighted by atomic mass is 9.94. The van der Waals surface area contributed by atoms with Crippen LogP contribution in [0.1, 0.15) is 23.2 Å². The summed E-state index contributed by atoms with van der Waals surface area (Å²) in [6.07, 6.45) is 0. The van der Waals surface area contributed by atoms with Crippen LogP contribution >= 0.6 is 0 Å². The summed E-state index contributed by atoms with van der Waals surface area (Å²) in [4.78, 5) is 0. The van der Waals surface area contributed by atoms with Crippen LogP contribution in [-0.2, 0) is 0 Å². The van der Waals surface area contributed by atoms with E-state index in [1.54, 1.807) is 0 Å². The van der Waals surface area contributed by atoms with Crippen LogP contribution in [-0.4, -0.2) is 0 Å². The molecule has 0 aliphatic rings. The number of nitrogens with two attached hydrogens (primary N) is 4. The Morgan fingerprint density at radius 3 is 1.39 bits per heavy atom. The second kappa shape index (κ2) is 5.08. The second-order valence-corrected chi connectivity index (χ2v) is 4.39. The van der Waals surface area contributed by atoms with E-state index in [-0.39, 0.29) is 12.1 Å². The van der Waals surface area contributed by atoms with E-state index in [1.807, 2.05) is 48.5 Å². The van der Waals surface area contributed by atoms with Gasteiger partial charge in [0, 0.05) is 23.5 Å². The van der Waals surface area contributed by atoms with Gasteiger partial charge >= 0.3 is 0 Å². The van der Waals surface area contributed by atoms with Crippen molar-refractivity contribution in [2.75, 3.05) is 11.5 Å². The van der Waals surface area contributed by atoms with Gasteiger partial charge in [0.1, 0.15) is 0 Å². The van der Waals surface area contributed by atoms with Gasteiger partial charge in [0.05, 0.1) is 0 Å². The van der Waals surface area contributed by atoms with Crippen molar-refractivity contribution in [1.82, 2.24) is 0 Å². The molecule has 0 aromatic heterocycles. The molecule has 18 heavy (non-hydrogen) atoms. The number of anilines is 2. The molecular weight excluding hydrogens is 224 g/mol. The van der Waals surface area contributed by atoms with Gasteiger partial charge in [-0.05, 0) is 35.4 Å². The number of hydrogen-bond donors (Lipinski definition) is 4. The lowest BCUT2D eigenvalue weighted by Crippen LogP contribution is -2.26. The zero-order chi connectivity index (χ0) is 13.1. The molecular formula is C14H18N4. The van der Waals surface area contributed by atoms with Crippen LogP contribution in [0.25, 0.3) is 0 Å². The van der Waals surface area contributed by atoms with Crippen LogP contribution in [0.5, 0.6) is 0 Å². The predicted octanol–water partition coefficient (Wildman–Crippen LogP) is 1.55. The van der Waals surface area contributed by atoms with Gasteiger partial charge in [-0.15, -0.1) is 0 Å². The molecule has 0 saturated carbocycles.